The summed E-state index contributed by atoms with van der Waals surface area (Å²) >= 11 is 0. The molecule has 362 valence electrons. The zero-order chi connectivity index (χ0) is 49.4. The second kappa shape index (κ2) is 24.9. The maximum absolute atomic E-state index is 13.6. The van der Waals surface area contributed by atoms with Crippen LogP contribution in [0.25, 0.3) is 11.2 Å². The summed E-state index contributed by atoms with van der Waals surface area (Å²) in [4.78, 5) is 116. The number of aromatic amines is 1. The summed E-state index contributed by atoms with van der Waals surface area (Å²) in [5.41, 5.74) is 5.70. The maximum Gasteiger partial charge on any atom is 0.326 e. The van der Waals surface area contributed by atoms with E-state index >= 15 is 0 Å². The number of nitrogens with zero attached hydrogens (tertiary/aromatic N) is 3. The number of rotatable bonds is 26. The van der Waals surface area contributed by atoms with E-state index in [-0.39, 0.29) is 35.8 Å². The van der Waals surface area contributed by atoms with Crippen molar-refractivity contribution in [3.05, 3.63) is 52.1 Å². The van der Waals surface area contributed by atoms with Gasteiger partial charge in [0.05, 0.1) is 38.1 Å². The molecule has 0 fully saturated rings. The summed E-state index contributed by atoms with van der Waals surface area (Å²) in [7, 11) is 0. The number of aliphatic hydroxyl groups excluding tert-OH is 8. The van der Waals surface area contributed by atoms with Gasteiger partial charge in [-0.2, -0.15) is 4.98 Å². The second-order valence-corrected chi connectivity index (χ2v) is 14.4. The fraction of sp³-hybridized carbons (Fsp3) is 0.486. The lowest BCUT2D eigenvalue weighted by Gasteiger charge is -2.31. The van der Waals surface area contributed by atoms with Gasteiger partial charge in [0.2, 0.25) is 29.6 Å². The molecule has 29 nitrogen and oxygen atoms in total. The highest BCUT2D eigenvalue weighted by atomic mass is 16.4. The molecule has 5 amide bonds. The van der Waals surface area contributed by atoms with E-state index in [1.54, 1.807) is 0 Å². The van der Waals surface area contributed by atoms with Crippen molar-refractivity contribution in [1.29, 1.82) is 0 Å². The number of H-pyrrole nitrogens is 1. The molecule has 66 heavy (non-hydrogen) atoms. The van der Waals surface area contributed by atoms with Crippen molar-refractivity contribution in [3.8, 4) is 0 Å². The number of hydrogen-bond donors (Lipinski definition) is 18. The Balaban J connectivity index is 1.73. The van der Waals surface area contributed by atoms with Crippen LogP contribution in [-0.4, -0.2) is 193 Å². The van der Waals surface area contributed by atoms with Crippen LogP contribution in [0.4, 0.5) is 11.6 Å². The Morgan fingerprint density at radius 2 is 1.33 bits per heavy atom. The number of fused-ring (bicyclic) bond motifs is 1. The van der Waals surface area contributed by atoms with Crippen LogP contribution >= 0.6 is 0 Å². The average molecular weight is 938 g/mol. The van der Waals surface area contributed by atoms with Gasteiger partial charge in [0.1, 0.15) is 60.8 Å². The predicted molar refractivity (Wildman–Crippen MR) is 221 cm³/mol. The molecule has 19 N–H and O–H groups in total. The molecule has 29 heteroatoms. The van der Waals surface area contributed by atoms with Crippen LogP contribution in [-0.2, 0) is 35.3 Å². The molecule has 0 aliphatic carbocycles. The number of benzene rings is 1. The van der Waals surface area contributed by atoms with E-state index in [9.17, 15) is 84.3 Å². The highest BCUT2D eigenvalue weighted by Gasteiger charge is 2.41. The minimum absolute atomic E-state index is 0.0288. The van der Waals surface area contributed by atoms with Gasteiger partial charge < -0.3 is 88.7 Å². The van der Waals surface area contributed by atoms with Crippen LogP contribution in [0.1, 0.15) is 42.2 Å². The monoisotopic (exact) mass is 937 g/mol. The number of likely N-dealkylation sites (N-methyl/N-ethyl adjacent to an activating group) is 1. The van der Waals surface area contributed by atoms with Crippen molar-refractivity contribution in [2.45, 2.75) is 93.5 Å². The van der Waals surface area contributed by atoms with E-state index < -0.39 is 140 Å². The number of carboxylic acid groups (broad SMARTS) is 2. The number of carbonyl (C=O) groups is 7. The second-order valence-electron chi connectivity index (χ2n) is 14.4. The van der Waals surface area contributed by atoms with Crippen molar-refractivity contribution >= 4 is 64.3 Å². The molecule has 2 aromatic heterocycles. The van der Waals surface area contributed by atoms with Gasteiger partial charge in [-0.25, -0.2) is 14.8 Å². The highest BCUT2D eigenvalue weighted by Crippen LogP contribution is 2.14. The van der Waals surface area contributed by atoms with Crippen molar-refractivity contribution < 1.29 is 84.6 Å². The van der Waals surface area contributed by atoms with Crippen molar-refractivity contribution in [2.24, 2.45) is 0 Å². The van der Waals surface area contributed by atoms with Crippen LogP contribution < -0.4 is 43.2 Å². The van der Waals surface area contributed by atoms with E-state index in [0.29, 0.717) is 11.4 Å². The molecule has 0 saturated carbocycles. The van der Waals surface area contributed by atoms with Gasteiger partial charge in [-0.15, -0.1) is 0 Å². The van der Waals surface area contributed by atoms with E-state index in [2.05, 4.69) is 35.9 Å². The minimum atomic E-state index is -2.53. The third-order valence-corrected chi connectivity index (χ3v) is 9.46. The van der Waals surface area contributed by atoms with Crippen LogP contribution in [0.15, 0.2) is 35.3 Å². The first kappa shape index (κ1) is 53.3. The largest absolute Gasteiger partial charge is 0.481 e. The molecule has 0 unspecified atom stereocenters. The first-order valence-corrected chi connectivity index (χ1v) is 19.7. The third-order valence-electron chi connectivity index (χ3n) is 9.46. The lowest BCUT2D eigenvalue weighted by atomic mass is 9.98. The summed E-state index contributed by atoms with van der Waals surface area (Å²) in [6, 6.07) is -2.96. The molecule has 0 bridgehead atoms. The van der Waals surface area contributed by atoms with Gasteiger partial charge in [-0.05, 0) is 37.6 Å². The Bertz CT molecular complexity index is 2250. The van der Waals surface area contributed by atoms with Gasteiger partial charge in [-0.3, -0.25) is 38.5 Å². The molecule has 0 aliphatic heterocycles. The summed E-state index contributed by atoms with van der Waals surface area (Å²) < 4.78 is 0. The zero-order valence-corrected chi connectivity index (χ0v) is 34.8. The van der Waals surface area contributed by atoms with Crippen molar-refractivity contribution in [1.82, 2.24) is 46.5 Å². The SMILES string of the molecule is CCNC(=O)[C@@H](NC(=O)[C@H](CC(=O)O)NC(=O)[C@@H](NC(=O)CC[C@H](NC(=O)c1ccc(NCc2cnc3nc(N)[nH]c(=O)c3n2)cc1)C(=O)O)[C@@H](O)[C@H](O)[C@H](O)CO)[C@@H](O)[C@H](O)[C@H](O)CO. The number of carboxylic acids is 2. The van der Waals surface area contributed by atoms with Gasteiger partial charge in [0.25, 0.3) is 11.5 Å². The lowest BCUT2D eigenvalue weighted by Crippen LogP contribution is -2.64. The van der Waals surface area contributed by atoms with Crippen LogP contribution in [0.3, 0.4) is 0 Å². The number of aromatic nitrogens is 4. The Hall–Kier alpha value is -6.99. The number of anilines is 2. The molecule has 0 radical (unpaired) electrons. The molecule has 0 aliphatic rings. The Morgan fingerprint density at radius 1 is 0.742 bits per heavy atom. The zero-order valence-electron chi connectivity index (χ0n) is 34.8. The first-order valence-electron chi connectivity index (χ1n) is 19.7. The maximum atomic E-state index is 13.6. The number of aliphatic carboxylic acids is 2. The van der Waals surface area contributed by atoms with Crippen LogP contribution in [0.5, 0.6) is 0 Å². The van der Waals surface area contributed by atoms with Crippen molar-refractivity contribution in [3.63, 3.8) is 0 Å². The summed E-state index contributed by atoms with van der Waals surface area (Å²) in [6.07, 6.45) is -15.1. The van der Waals surface area contributed by atoms with E-state index in [0.717, 1.165) is 0 Å². The van der Waals surface area contributed by atoms with Gasteiger partial charge in [0, 0.05) is 24.2 Å². The summed E-state index contributed by atoms with van der Waals surface area (Å²) in [5, 5.41) is 113. The van der Waals surface area contributed by atoms with Gasteiger partial charge >= 0.3 is 11.9 Å². The third kappa shape index (κ3) is 15.1. The number of aliphatic hydroxyl groups is 8. The van der Waals surface area contributed by atoms with Gasteiger partial charge in [-0.1, -0.05) is 0 Å². The Kier molecular flexibility index (Phi) is 20.1. The first-order chi connectivity index (χ1) is 31.1. The Labute approximate surface area is 371 Å². The fourth-order valence-electron chi connectivity index (χ4n) is 5.87. The van der Waals surface area contributed by atoms with Crippen LogP contribution in [0.2, 0.25) is 0 Å². The van der Waals surface area contributed by atoms with E-state index in [1.165, 1.54) is 37.4 Å². The molecule has 10 atom stereocenters. The number of hydrogen-bond acceptors (Lipinski definition) is 21. The minimum Gasteiger partial charge on any atom is -0.481 e. The molecule has 3 aromatic rings. The van der Waals surface area contributed by atoms with E-state index in [1.807, 2.05) is 16.0 Å². The quantitative estimate of drug-likeness (QED) is 0.0355. The van der Waals surface area contributed by atoms with Crippen LogP contribution in [0, 0.1) is 0 Å². The predicted octanol–water partition coefficient (Wildman–Crippen LogP) is -7.91. The molecular formula is C37H51N11O18. The topological polar surface area (TPSA) is 492 Å². The van der Waals surface area contributed by atoms with Gasteiger partial charge in [0.15, 0.2) is 11.2 Å². The normalized spacial score (nSPS) is 15.8. The number of nitrogens with two attached hydrogens (primary N) is 1. The molecule has 0 saturated heterocycles. The number of nitrogen functional groups attached to an aromatic ring is 1. The average Bonchev–Trinajstić information content (AvgIpc) is 3.28. The number of amides is 5. The number of nitrogens with one attached hydrogen (secondary N) is 7. The Morgan fingerprint density at radius 3 is 1.88 bits per heavy atom. The highest BCUT2D eigenvalue weighted by molar-refractivity contribution is 5.98. The molecule has 1 aromatic carbocycles. The molecular weight excluding hydrogens is 886 g/mol. The molecule has 0 spiro atoms. The number of carbonyl (C=O) groups excluding carboxylic acids is 5. The summed E-state index contributed by atoms with van der Waals surface area (Å²) in [5.74, 6) is -10.00. The smallest absolute Gasteiger partial charge is 0.326 e. The lowest BCUT2D eigenvalue weighted by molar-refractivity contribution is -0.145. The molecule has 3 rings (SSSR count). The summed E-state index contributed by atoms with van der Waals surface area (Å²) in [6.45, 7) is -0.902. The standard InChI is InChI=1S/C37H51N11O18/c1-2-39-33(62)23(28(58)26(56)19(51)12-49)46-32(61)18(9-22(54)55)44-34(63)24(29(59)27(57)20(52)13-50)45-21(53)8-7-17(36(65)66)43-31(60)14-3-5-15(6-4-14)40-10-16-11-41-30-25(42-16)35(64)48-37(38)47-30/h3-6,11,17-20,23-24,26-29,40,49-52,56-59H,2,7-10,12-13H2,1H3,(H,39,62)(H,43,60)(H,44,63)(H,45,53)(H,46,61)(H,54,55)(H,65,66)(H3,38,41,47,48,64)/t17-,18-,19+,20+,23-,24-,26+,27+,28+,29+/m0/s1. The van der Waals surface area contributed by atoms with E-state index in [4.69, 9.17) is 10.8 Å². The molecule has 2 heterocycles. The van der Waals surface area contributed by atoms with Crippen molar-refractivity contribution in [2.75, 3.05) is 30.8 Å². The fourth-order valence-corrected chi connectivity index (χ4v) is 5.87.